The molecule has 1 atom stereocenters. The summed E-state index contributed by atoms with van der Waals surface area (Å²) >= 11 is 0. The first-order valence-electron chi connectivity index (χ1n) is 5.75. The summed E-state index contributed by atoms with van der Waals surface area (Å²) in [7, 11) is 1.56. The van der Waals surface area contributed by atoms with E-state index in [1.165, 1.54) is 18.2 Å². The lowest BCUT2D eigenvalue weighted by Crippen LogP contribution is -2.34. The maximum absolute atomic E-state index is 11.5. The minimum absolute atomic E-state index is 0.0234. The van der Waals surface area contributed by atoms with Crippen LogP contribution in [0, 0.1) is 10.1 Å². The van der Waals surface area contributed by atoms with Gasteiger partial charge in [0, 0.05) is 31.4 Å². The Morgan fingerprint density at radius 1 is 1.47 bits per heavy atom. The number of non-ortho nitro benzene ring substituents is 1. The van der Waals surface area contributed by atoms with E-state index >= 15 is 0 Å². The van der Waals surface area contributed by atoms with Gasteiger partial charge in [-0.05, 0) is 30.7 Å². The number of carbonyl (C=O) groups excluding carboxylic acids is 1. The van der Waals surface area contributed by atoms with Gasteiger partial charge in [-0.1, -0.05) is 0 Å². The minimum atomic E-state index is -0.466. The van der Waals surface area contributed by atoms with Crippen LogP contribution < -0.4 is 5.32 Å². The molecule has 1 aromatic rings. The molecule has 6 heteroatoms. The van der Waals surface area contributed by atoms with Gasteiger partial charge in [-0.2, -0.15) is 0 Å². The quantitative estimate of drug-likeness (QED) is 0.482. The van der Waals surface area contributed by atoms with E-state index in [1.807, 2.05) is 6.92 Å². The molecule has 0 heterocycles. The predicted molar refractivity (Wildman–Crippen MR) is 71.6 cm³/mol. The number of carbonyl (C=O) groups is 1. The fourth-order valence-corrected chi connectivity index (χ4v) is 1.46. The van der Waals surface area contributed by atoms with Crippen molar-refractivity contribution in [3.05, 3.63) is 46.0 Å². The molecular weight excluding hydrogens is 248 g/mol. The number of hydrogen-bond donors (Lipinski definition) is 1. The van der Waals surface area contributed by atoms with Crippen LogP contribution in [0.25, 0.3) is 6.08 Å². The number of rotatable bonds is 6. The molecule has 0 fully saturated rings. The third kappa shape index (κ3) is 5.31. The Morgan fingerprint density at radius 3 is 2.63 bits per heavy atom. The molecule has 1 amide bonds. The topological polar surface area (TPSA) is 81.5 Å². The van der Waals surface area contributed by atoms with E-state index in [9.17, 15) is 14.9 Å². The standard InChI is InChI=1S/C13H16N2O4/c1-10(9-19-2)14-13(16)8-5-11-3-6-12(7-4-11)15(17)18/h3-8,10H,9H2,1-2H3,(H,14,16)/b8-5+/t10-/m1/s1. The van der Waals surface area contributed by atoms with Crippen molar-refractivity contribution in [1.82, 2.24) is 5.32 Å². The van der Waals surface area contributed by atoms with Crippen molar-refractivity contribution >= 4 is 17.7 Å². The number of nitrogens with one attached hydrogen (secondary N) is 1. The highest BCUT2D eigenvalue weighted by Gasteiger charge is 2.04. The lowest BCUT2D eigenvalue weighted by molar-refractivity contribution is -0.384. The molecule has 0 unspecified atom stereocenters. The average Bonchev–Trinajstić information content (AvgIpc) is 2.37. The summed E-state index contributed by atoms with van der Waals surface area (Å²) in [6, 6.07) is 5.89. The van der Waals surface area contributed by atoms with Crippen LogP contribution in [0.3, 0.4) is 0 Å². The summed E-state index contributed by atoms with van der Waals surface area (Å²) in [6.07, 6.45) is 2.98. The van der Waals surface area contributed by atoms with Gasteiger partial charge in [-0.3, -0.25) is 14.9 Å². The van der Waals surface area contributed by atoms with Crippen LogP contribution in [0.15, 0.2) is 30.3 Å². The highest BCUT2D eigenvalue weighted by molar-refractivity contribution is 5.91. The van der Waals surface area contributed by atoms with Crippen LogP contribution in [0.1, 0.15) is 12.5 Å². The predicted octanol–water partition coefficient (Wildman–Crippen LogP) is 1.76. The molecule has 0 aliphatic rings. The Balaban J connectivity index is 2.56. The Bertz CT molecular complexity index is 468. The highest BCUT2D eigenvalue weighted by Crippen LogP contribution is 2.12. The number of methoxy groups -OCH3 is 1. The van der Waals surface area contributed by atoms with Gasteiger partial charge < -0.3 is 10.1 Å². The van der Waals surface area contributed by atoms with Crippen molar-refractivity contribution < 1.29 is 14.5 Å². The number of nitro benzene ring substituents is 1. The molecule has 0 radical (unpaired) electrons. The molecule has 0 spiro atoms. The third-order valence-electron chi connectivity index (χ3n) is 2.34. The number of benzene rings is 1. The summed E-state index contributed by atoms with van der Waals surface area (Å²) in [4.78, 5) is 21.5. The Hall–Kier alpha value is -2.21. The maximum atomic E-state index is 11.5. The van der Waals surface area contributed by atoms with Gasteiger partial charge >= 0.3 is 0 Å². The van der Waals surface area contributed by atoms with E-state index in [0.717, 1.165) is 5.56 Å². The molecule has 0 aromatic heterocycles. The summed E-state index contributed by atoms with van der Waals surface area (Å²) in [5.74, 6) is -0.233. The lowest BCUT2D eigenvalue weighted by Gasteiger charge is -2.10. The zero-order valence-corrected chi connectivity index (χ0v) is 10.8. The number of ether oxygens (including phenoxy) is 1. The van der Waals surface area contributed by atoms with Crippen LogP contribution >= 0.6 is 0 Å². The number of hydrogen-bond acceptors (Lipinski definition) is 4. The molecule has 0 aliphatic heterocycles. The van der Waals surface area contributed by atoms with Gasteiger partial charge in [0.25, 0.3) is 5.69 Å². The van der Waals surface area contributed by atoms with E-state index in [2.05, 4.69) is 5.32 Å². The summed E-state index contributed by atoms with van der Waals surface area (Å²) < 4.78 is 4.90. The highest BCUT2D eigenvalue weighted by atomic mass is 16.6. The van der Waals surface area contributed by atoms with Crippen LogP contribution in [-0.2, 0) is 9.53 Å². The average molecular weight is 264 g/mol. The van der Waals surface area contributed by atoms with Gasteiger partial charge in [-0.15, -0.1) is 0 Å². The van der Waals surface area contributed by atoms with Gasteiger partial charge in [0.05, 0.1) is 11.5 Å². The first-order valence-corrected chi connectivity index (χ1v) is 5.75. The van der Waals surface area contributed by atoms with Gasteiger partial charge in [0.15, 0.2) is 0 Å². The number of nitrogens with zero attached hydrogens (tertiary/aromatic N) is 1. The summed E-state index contributed by atoms with van der Waals surface area (Å²) in [6.45, 7) is 2.28. The van der Waals surface area contributed by atoms with Crippen molar-refractivity contribution in [2.45, 2.75) is 13.0 Å². The van der Waals surface area contributed by atoms with E-state index in [0.29, 0.717) is 6.61 Å². The first-order chi connectivity index (χ1) is 9.02. The molecule has 102 valence electrons. The van der Waals surface area contributed by atoms with Crippen molar-refractivity contribution in [1.29, 1.82) is 0 Å². The molecule has 0 aliphatic carbocycles. The van der Waals surface area contributed by atoms with Gasteiger partial charge in [0.2, 0.25) is 5.91 Å². The second-order valence-corrected chi connectivity index (χ2v) is 4.05. The monoisotopic (exact) mass is 264 g/mol. The normalized spacial score (nSPS) is 12.3. The molecule has 0 bridgehead atoms. The molecule has 1 aromatic carbocycles. The molecule has 0 saturated heterocycles. The third-order valence-corrected chi connectivity index (χ3v) is 2.34. The minimum Gasteiger partial charge on any atom is -0.383 e. The van der Waals surface area contributed by atoms with Crippen molar-refractivity contribution in [2.24, 2.45) is 0 Å². The Kier molecular flexibility index (Phi) is 5.69. The van der Waals surface area contributed by atoms with E-state index in [-0.39, 0.29) is 17.6 Å². The SMILES string of the molecule is COC[C@@H](C)NC(=O)/C=C/c1ccc([N+](=O)[O-])cc1. The fraction of sp³-hybridized carbons (Fsp3) is 0.308. The molecule has 1 N–H and O–H groups in total. The second kappa shape index (κ2) is 7.27. The lowest BCUT2D eigenvalue weighted by atomic mass is 10.2. The van der Waals surface area contributed by atoms with E-state index in [1.54, 1.807) is 25.3 Å². The molecule has 6 nitrogen and oxygen atoms in total. The van der Waals surface area contributed by atoms with Crippen LogP contribution in [0.4, 0.5) is 5.69 Å². The van der Waals surface area contributed by atoms with Gasteiger partial charge in [0.1, 0.15) is 0 Å². The fourth-order valence-electron chi connectivity index (χ4n) is 1.46. The van der Waals surface area contributed by atoms with Crippen LogP contribution in [0.2, 0.25) is 0 Å². The van der Waals surface area contributed by atoms with Crippen molar-refractivity contribution in [3.63, 3.8) is 0 Å². The summed E-state index contributed by atoms with van der Waals surface area (Å²) in [5, 5.41) is 13.2. The smallest absolute Gasteiger partial charge is 0.269 e. The summed E-state index contributed by atoms with van der Waals surface area (Å²) in [5.41, 5.74) is 0.746. The molecule has 0 saturated carbocycles. The van der Waals surface area contributed by atoms with Crippen molar-refractivity contribution in [2.75, 3.05) is 13.7 Å². The van der Waals surface area contributed by atoms with Gasteiger partial charge in [-0.25, -0.2) is 0 Å². The van der Waals surface area contributed by atoms with E-state index in [4.69, 9.17) is 4.74 Å². The van der Waals surface area contributed by atoms with E-state index < -0.39 is 4.92 Å². The Morgan fingerprint density at radius 2 is 2.11 bits per heavy atom. The first kappa shape index (κ1) is 14.8. The Labute approximate surface area is 111 Å². The molecule has 1 rings (SSSR count). The number of amides is 1. The van der Waals surface area contributed by atoms with Crippen molar-refractivity contribution in [3.8, 4) is 0 Å². The number of nitro groups is 1. The maximum Gasteiger partial charge on any atom is 0.269 e. The molecule has 19 heavy (non-hydrogen) atoms. The second-order valence-electron chi connectivity index (χ2n) is 4.05. The zero-order chi connectivity index (χ0) is 14.3. The largest absolute Gasteiger partial charge is 0.383 e. The zero-order valence-electron chi connectivity index (χ0n) is 10.8. The van der Waals surface area contributed by atoms with Crippen LogP contribution in [-0.4, -0.2) is 30.6 Å². The molecular formula is C13H16N2O4. The van der Waals surface area contributed by atoms with Crippen LogP contribution in [0.5, 0.6) is 0 Å².